The first kappa shape index (κ1) is 10.0. The highest BCUT2D eigenvalue weighted by Crippen LogP contribution is 2.13. The van der Waals surface area contributed by atoms with Gasteiger partial charge in [-0.2, -0.15) is 0 Å². The van der Waals surface area contributed by atoms with E-state index in [-0.39, 0.29) is 6.10 Å². The molecule has 2 N–H and O–H groups in total. The average molecular weight is 252 g/mol. The third-order valence-corrected chi connectivity index (χ3v) is 2.90. The van der Waals surface area contributed by atoms with Crippen LogP contribution in [0.1, 0.15) is 5.82 Å². The molecule has 0 saturated carbocycles. The van der Waals surface area contributed by atoms with Crippen LogP contribution in [0.2, 0.25) is 0 Å². The van der Waals surface area contributed by atoms with Crippen molar-refractivity contribution in [3.63, 3.8) is 0 Å². The lowest BCUT2D eigenvalue weighted by atomic mass is 10.5. The molecule has 4 nitrogen and oxygen atoms in total. The lowest BCUT2D eigenvalue weighted by molar-refractivity contribution is 0.226. The highest BCUT2D eigenvalue weighted by molar-refractivity contribution is 9.09. The molecule has 0 aromatic carbocycles. The molecule has 1 unspecified atom stereocenters. The van der Waals surface area contributed by atoms with Gasteiger partial charge in [-0.3, -0.25) is 5.10 Å². The second-order valence-corrected chi connectivity index (χ2v) is 3.96. The van der Waals surface area contributed by atoms with Crippen LogP contribution in [0.15, 0.2) is 5.16 Å². The Balaban J connectivity index is 2.33. The molecule has 0 aliphatic heterocycles. The van der Waals surface area contributed by atoms with Crippen LogP contribution in [0.4, 0.5) is 0 Å². The molecule has 0 spiro atoms. The van der Waals surface area contributed by atoms with E-state index >= 15 is 0 Å². The quantitative estimate of drug-likeness (QED) is 0.619. The molecule has 1 aromatic heterocycles. The van der Waals surface area contributed by atoms with Crippen LogP contribution in [0.25, 0.3) is 0 Å². The zero-order valence-electron chi connectivity index (χ0n) is 6.62. The standard InChI is InChI=1S/C6H10BrN3OS/c1-4-8-6(10-9-4)12-3-5(11)2-7/h5,11H,2-3H2,1H3,(H,8,9,10). The number of hydrogen-bond acceptors (Lipinski definition) is 4. The Morgan fingerprint density at radius 2 is 2.50 bits per heavy atom. The van der Waals surface area contributed by atoms with Gasteiger partial charge in [-0.25, -0.2) is 4.98 Å². The van der Waals surface area contributed by atoms with Crippen LogP contribution in [0.3, 0.4) is 0 Å². The summed E-state index contributed by atoms with van der Waals surface area (Å²) in [6.45, 7) is 1.85. The maximum absolute atomic E-state index is 9.19. The second-order valence-electron chi connectivity index (χ2n) is 2.32. The minimum absolute atomic E-state index is 0.339. The Hall–Kier alpha value is -0.0700. The molecule has 0 aliphatic rings. The number of nitrogens with one attached hydrogen (secondary N) is 1. The minimum atomic E-state index is -0.339. The summed E-state index contributed by atoms with van der Waals surface area (Å²) in [5.41, 5.74) is 0. The molecule has 0 bridgehead atoms. The Kier molecular flexibility index (Phi) is 4.03. The van der Waals surface area contributed by atoms with Crippen molar-refractivity contribution < 1.29 is 5.11 Å². The van der Waals surface area contributed by atoms with Gasteiger partial charge >= 0.3 is 0 Å². The fourth-order valence-corrected chi connectivity index (χ4v) is 1.90. The van der Waals surface area contributed by atoms with Crippen molar-refractivity contribution in [3.05, 3.63) is 5.82 Å². The highest BCUT2D eigenvalue weighted by atomic mass is 79.9. The maximum Gasteiger partial charge on any atom is 0.208 e. The van der Waals surface area contributed by atoms with Crippen LogP contribution in [0.5, 0.6) is 0 Å². The third kappa shape index (κ3) is 3.12. The number of H-pyrrole nitrogens is 1. The molecule has 12 heavy (non-hydrogen) atoms. The van der Waals surface area contributed by atoms with Gasteiger partial charge in [0.25, 0.3) is 0 Å². The van der Waals surface area contributed by atoms with Crippen LogP contribution in [0, 0.1) is 6.92 Å². The molecule has 0 amide bonds. The maximum atomic E-state index is 9.19. The van der Waals surface area contributed by atoms with Crippen molar-refractivity contribution in [1.29, 1.82) is 0 Å². The van der Waals surface area contributed by atoms with Gasteiger partial charge in [-0.05, 0) is 6.92 Å². The van der Waals surface area contributed by atoms with E-state index in [0.29, 0.717) is 16.2 Å². The molecule has 68 valence electrons. The summed E-state index contributed by atoms with van der Waals surface area (Å²) in [5.74, 6) is 1.41. The van der Waals surface area contributed by atoms with E-state index in [1.807, 2.05) is 6.92 Å². The first-order chi connectivity index (χ1) is 5.72. The summed E-state index contributed by atoms with van der Waals surface area (Å²) in [6.07, 6.45) is -0.339. The molecule has 1 aromatic rings. The second kappa shape index (κ2) is 4.84. The van der Waals surface area contributed by atoms with Crippen molar-refractivity contribution >= 4 is 27.7 Å². The molecule has 1 atom stereocenters. The van der Waals surface area contributed by atoms with Crippen LogP contribution in [-0.4, -0.2) is 37.5 Å². The van der Waals surface area contributed by atoms with Gasteiger partial charge in [0.2, 0.25) is 5.16 Å². The Morgan fingerprint density at radius 1 is 1.75 bits per heavy atom. The van der Waals surface area contributed by atoms with Crippen molar-refractivity contribution in [1.82, 2.24) is 15.2 Å². The summed E-state index contributed by atoms with van der Waals surface area (Å²) in [7, 11) is 0. The number of aliphatic hydroxyl groups is 1. The number of alkyl halides is 1. The van der Waals surface area contributed by atoms with Gasteiger partial charge in [0.05, 0.1) is 6.10 Å². The predicted molar refractivity (Wildman–Crippen MR) is 51.6 cm³/mol. The van der Waals surface area contributed by atoms with E-state index in [1.165, 1.54) is 11.8 Å². The van der Waals surface area contributed by atoms with Crippen molar-refractivity contribution in [2.24, 2.45) is 0 Å². The topological polar surface area (TPSA) is 61.8 Å². The molecule has 1 rings (SSSR count). The number of aromatic nitrogens is 3. The molecule has 0 radical (unpaired) electrons. The SMILES string of the molecule is Cc1nc(SCC(O)CBr)n[nH]1. The van der Waals surface area contributed by atoms with Gasteiger partial charge in [0.15, 0.2) is 0 Å². The number of aryl methyl sites for hydroxylation is 1. The van der Waals surface area contributed by atoms with Gasteiger partial charge < -0.3 is 5.11 Å². The predicted octanol–water partition coefficient (Wildman–Crippen LogP) is 0.961. The number of thioether (sulfide) groups is 1. The smallest absolute Gasteiger partial charge is 0.208 e. The molecule has 1 heterocycles. The zero-order valence-corrected chi connectivity index (χ0v) is 9.02. The number of nitrogens with zero attached hydrogens (tertiary/aromatic N) is 2. The molecular weight excluding hydrogens is 242 g/mol. The van der Waals surface area contributed by atoms with E-state index in [9.17, 15) is 5.11 Å². The number of hydrogen-bond donors (Lipinski definition) is 2. The average Bonchev–Trinajstić information content (AvgIpc) is 2.47. The first-order valence-electron chi connectivity index (χ1n) is 3.48. The fourth-order valence-electron chi connectivity index (χ4n) is 0.602. The fraction of sp³-hybridized carbons (Fsp3) is 0.667. The number of halogens is 1. The summed E-state index contributed by atoms with van der Waals surface area (Å²) in [4.78, 5) is 4.09. The normalized spacial score (nSPS) is 13.2. The zero-order chi connectivity index (χ0) is 8.97. The third-order valence-electron chi connectivity index (χ3n) is 1.16. The van der Waals surface area contributed by atoms with Crippen LogP contribution in [-0.2, 0) is 0 Å². The lowest BCUT2D eigenvalue weighted by Gasteiger charge is -2.02. The molecule has 0 fully saturated rings. The Bertz CT molecular complexity index is 242. The van der Waals surface area contributed by atoms with Crippen LogP contribution < -0.4 is 0 Å². The summed E-state index contributed by atoms with van der Waals surface area (Å²) in [6, 6.07) is 0. The number of rotatable bonds is 4. The Morgan fingerprint density at radius 3 is 3.00 bits per heavy atom. The van der Waals surface area contributed by atoms with Gasteiger partial charge in [0.1, 0.15) is 5.82 Å². The summed E-state index contributed by atoms with van der Waals surface area (Å²) < 4.78 is 0. The molecular formula is C6H10BrN3OS. The summed E-state index contributed by atoms with van der Waals surface area (Å²) in [5, 5.41) is 17.1. The van der Waals surface area contributed by atoms with Gasteiger partial charge in [-0.15, -0.1) is 5.10 Å². The summed E-state index contributed by atoms with van der Waals surface area (Å²) >= 11 is 4.62. The number of aliphatic hydroxyl groups excluding tert-OH is 1. The number of aromatic amines is 1. The first-order valence-corrected chi connectivity index (χ1v) is 5.59. The van der Waals surface area contributed by atoms with Crippen LogP contribution >= 0.6 is 27.7 Å². The van der Waals surface area contributed by atoms with E-state index in [2.05, 4.69) is 31.1 Å². The van der Waals surface area contributed by atoms with Gasteiger partial charge in [0, 0.05) is 11.1 Å². The van der Waals surface area contributed by atoms with Gasteiger partial charge in [-0.1, -0.05) is 27.7 Å². The van der Waals surface area contributed by atoms with Crippen molar-refractivity contribution in [2.75, 3.05) is 11.1 Å². The van der Waals surface area contributed by atoms with Crippen molar-refractivity contribution in [3.8, 4) is 0 Å². The molecule has 6 heteroatoms. The van der Waals surface area contributed by atoms with Crippen molar-refractivity contribution in [2.45, 2.75) is 18.2 Å². The van der Waals surface area contributed by atoms with E-state index in [0.717, 1.165) is 5.82 Å². The van der Waals surface area contributed by atoms with E-state index < -0.39 is 0 Å². The lowest BCUT2D eigenvalue weighted by Crippen LogP contribution is -2.10. The molecule has 0 saturated heterocycles. The monoisotopic (exact) mass is 251 g/mol. The Labute approximate surface area is 83.3 Å². The van der Waals surface area contributed by atoms with E-state index in [1.54, 1.807) is 0 Å². The molecule has 0 aliphatic carbocycles. The minimum Gasteiger partial charge on any atom is -0.391 e. The van der Waals surface area contributed by atoms with E-state index in [4.69, 9.17) is 0 Å². The highest BCUT2D eigenvalue weighted by Gasteiger charge is 2.05. The largest absolute Gasteiger partial charge is 0.391 e.